The second kappa shape index (κ2) is 6.37. The van der Waals surface area contributed by atoms with E-state index in [0.717, 1.165) is 5.56 Å². The lowest BCUT2D eigenvalue weighted by Crippen LogP contribution is -1.99. The molecule has 0 fully saturated rings. The predicted octanol–water partition coefficient (Wildman–Crippen LogP) is 4.14. The zero-order valence-corrected chi connectivity index (χ0v) is 11.9. The topological polar surface area (TPSA) is 72.6 Å². The molecule has 0 saturated heterocycles. The van der Waals surface area contributed by atoms with Crippen molar-refractivity contribution in [1.29, 1.82) is 0 Å². The van der Waals surface area contributed by atoms with E-state index in [4.69, 9.17) is 4.74 Å². The Morgan fingerprint density at radius 1 is 1.24 bits per heavy atom. The maximum Gasteiger partial charge on any atom is 0.273 e. The number of ether oxygens (including phenoxy) is 1. The molecule has 0 aliphatic heterocycles. The minimum Gasteiger partial charge on any atom is -0.456 e. The average Bonchev–Trinajstić information content (AvgIpc) is 2.49. The number of aliphatic hydroxyl groups is 1. The summed E-state index contributed by atoms with van der Waals surface area (Å²) < 4.78 is 5.79. The molecule has 1 unspecified atom stereocenters. The summed E-state index contributed by atoms with van der Waals surface area (Å²) in [6.45, 7) is 3.69. The second-order valence-electron chi connectivity index (χ2n) is 4.77. The molecule has 2 aromatic rings. The van der Waals surface area contributed by atoms with Gasteiger partial charge in [0.15, 0.2) is 0 Å². The van der Waals surface area contributed by atoms with E-state index in [0.29, 0.717) is 23.5 Å². The van der Waals surface area contributed by atoms with Crippen molar-refractivity contribution < 1.29 is 14.8 Å². The van der Waals surface area contributed by atoms with E-state index >= 15 is 0 Å². The summed E-state index contributed by atoms with van der Waals surface area (Å²) >= 11 is 0. The molecule has 0 spiro atoms. The van der Waals surface area contributed by atoms with Crippen molar-refractivity contribution >= 4 is 5.69 Å². The molecule has 1 N–H and O–H groups in total. The SMILES string of the molecule is CCC(O)c1ccccc1Oc1cc([N+](=O)[O-])ccc1C. The second-order valence-corrected chi connectivity index (χ2v) is 4.77. The van der Waals surface area contributed by atoms with Crippen LogP contribution in [0.2, 0.25) is 0 Å². The van der Waals surface area contributed by atoms with Crippen LogP contribution in [-0.4, -0.2) is 10.0 Å². The third kappa shape index (κ3) is 3.38. The normalized spacial score (nSPS) is 12.0. The van der Waals surface area contributed by atoms with Gasteiger partial charge in [-0.2, -0.15) is 0 Å². The zero-order valence-electron chi connectivity index (χ0n) is 11.9. The number of hydrogen-bond acceptors (Lipinski definition) is 4. The van der Waals surface area contributed by atoms with Gasteiger partial charge in [0.2, 0.25) is 0 Å². The standard InChI is InChI=1S/C16H17NO4/c1-3-14(18)13-6-4-5-7-15(13)21-16-10-12(17(19)20)9-8-11(16)2/h4-10,14,18H,3H2,1-2H3. The molecule has 0 aliphatic carbocycles. The van der Waals surface area contributed by atoms with Crippen molar-refractivity contribution in [1.82, 2.24) is 0 Å². The fourth-order valence-electron chi connectivity index (χ4n) is 2.00. The minimum absolute atomic E-state index is 0.0240. The van der Waals surface area contributed by atoms with Crippen molar-refractivity contribution in [2.75, 3.05) is 0 Å². The molecule has 0 aromatic heterocycles. The first-order valence-corrected chi connectivity index (χ1v) is 6.72. The first kappa shape index (κ1) is 15.0. The van der Waals surface area contributed by atoms with Gasteiger partial charge in [-0.25, -0.2) is 0 Å². The number of para-hydroxylation sites is 1. The molecule has 2 rings (SSSR count). The molecule has 5 heteroatoms. The molecule has 2 aromatic carbocycles. The average molecular weight is 287 g/mol. The Bertz CT molecular complexity index is 654. The maximum absolute atomic E-state index is 10.8. The molecule has 0 amide bonds. The molecule has 0 saturated carbocycles. The summed E-state index contributed by atoms with van der Waals surface area (Å²) in [6.07, 6.45) is -0.0610. The van der Waals surface area contributed by atoms with E-state index in [2.05, 4.69) is 0 Å². The van der Waals surface area contributed by atoms with E-state index in [1.54, 1.807) is 24.3 Å². The van der Waals surface area contributed by atoms with Gasteiger partial charge >= 0.3 is 0 Å². The van der Waals surface area contributed by atoms with Crippen LogP contribution in [0.1, 0.15) is 30.6 Å². The summed E-state index contributed by atoms with van der Waals surface area (Å²) in [5.41, 5.74) is 1.44. The van der Waals surface area contributed by atoms with Crippen molar-refractivity contribution in [3.05, 3.63) is 63.7 Å². The van der Waals surface area contributed by atoms with Crippen LogP contribution in [0.5, 0.6) is 11.5 Å². The molecular weight excluding hydrogens is 270 g/mol. The van der Waals surface area contributed by atoms with E-state index in [-0.39, 0.29) is 5.69 Å². The molecule has 0 aliphatic rings. The molecule has 0 heterocycles. The van der Waals surface area contributed by atoms with Crippen molar-refractivity contribution in [2.24, 2.45) is 0 Å². The zero-order chi connectivity index (χ0) is 15.4. The van der Waals surface area contributed by atoms with E-state index in [9.17, 15) is 15.2 Å². The number of nitrogens with zero attached hydrogens (tertiary/aromatic N) is 1. The summed E-state index contributed by atoms with van der Waals surface area (Å²) in [5, 5.41) is 20.9. The Morgan fingerprint density at radius 3 is 2.62 bits per heavy atom. The number of benzene rings is 2. The predicted molar refractivity (Wildman–Crippen MR) is 79.6 cm³/mol. The number of aliphatic hydroxyl groups excluding tert-OH is 1. The molecule has 5 nitrogen and oxygen atoms in total. The number of aryl methyl sites for hydroxylation is 1. The highest BCUT2D eigenvalue weighted by Crippen LogP contribution is 2.33. The van der Waals surface area contributed by atoms with Crippen molar-refractivity contribution in [2.45, 2.75) is 26.4 Å². The van der Waals surface area contributed by atoms with Crippen LogP contribution in [0.25, 0.3) is 0 Å². The van der Waals surface area contributed by atoms with E-state index in [1.165, 1.54) is 12.1 Å². The first-order valence-electron chi connectivity index (χ1n) is 6.72. The minimum atomic E-state index is -0.625. The van der Waals surface area contributed by atoms with Crippen LogP contribution in [-0.2, 0) is 0 Å². The Balaban J connectivity index is 2.38. The molecule has 0 bridgehead atoms. The molecule has 0 radical (unpaired) electrons. The molecule has 21 heavy (non-hydrogen) atoms. The van der Waals surface area contributed by atoms with E-state index < -0.39 is 11.0 Å². The summed E-state index contributed by atoms with van der Waals surface area (Å²) in [4.78, 5) is 10.4. The van der Waals surface area contributed by atoms with Gasteiger partial charge < -0.3 is 9.84 Å². The highest BCUT2D eigenvalue weighted by Gasteiger charge is 2.15. The Hall–Kier alpha value is -2.40. The smallest absolute Gasteiger partial charge is 0.273 e. The van der Waals surface area contributed by atoms with Gasteiger partial charge in [-0.1, -0.05) is 25.1 Å². The quantitative estimate of drug-likeness (QED) is 0.662. The first-order chi connectivity index (χ1) is 10.0. The molecule has 110 valence electrons. The van der Waals surface area contributed by atoms with Crippen LogP contribution in [0.4, 0.5) is 5.69 Å². The highest BCUT2D eigenvalue weighted by atomic mass is 16.6. The van der Waals surface area contributed by atoms with E-state index in [1.807, 2.05) is 19.9 Å². The van der Waals surface area contributed by atoms with Gasteiger partial charge in [0.05, 0.1) is 17.1 Å². The summed E-state index contributed by atoms with van der Waals surface area (Å²) in [5.74, 6) is 0.926. The fourth-order valence-corrected chi connectivity index (χ4v) is 2.00. The number of nitro groups is 1. The molecule has 1 atom stereocenters. The highest BCUT2D eigenvalue weighted by molar-refractivity contribution is 5.47. The van der Waals surface area contributed by atoms with Crippen LogP contribution in [0, 0.1) is 17.0 Å². The van der Waals surface area contributed by atoms with Gasteiger partial charge in [0.25, 0.3) is 5.69 Å². The van der Waals surface area contributed by atoms with Crippen molar-refractivity contribution in [3.8, 4) is 11.5 Å². The number of hydrogen-bond donors (Lipinski definition) is 1. The Morgan fingerprint density at radius 2 is 1.95 bits per heavy atom. The number of rotatable bonds is 5. The van der Waals surface area contributed by atoms with Gasteiger partial charge in [-0.15, -0.1) is 0 Å². The third-order valence-electron chi connectivity index (χ3n) is 3.27. The maximum atomic E-state index is 10.8. The largest absolute Gasteiger partial charge is 0.456 e. The lowest BCUT2D eigenvalue weighted by molar-refractivity contribution is -0.384. The molecular formula is C16H17NO4. The Labute approximate surface area is 123 Å². The third-order valence-corrected chi connectivity index (χ3v) is 3.27. The van der Waals surface area contributed by atoms with Crippen LogP contribution in [0.15, 0.2) is 42.5 Å². The van der Waals surface area contributed by atoms with Gasteiger partial charge in [0.1, 0.15) is 11.5 Å². The van der Waals surface area contributed by atoms with Crippen LogP contribution >= 0.6 is 0 Å². The van der Waals surface area contributed by atoms with Crippen LogP contribution in [0.3, 0.4) is 0 Å². The number of non-ortho nitro benzene ring substituents is 1. The Kier molecular flexibility index (Phi) is 4.55. The summed E-state index contributed by atoms with van der Waals surface area (Å²) in [6, 6.07) is 11.6. The lowest BCUT2D eigenvalue weighted by Gasteiger charge is -2.15. The van der Waals surface area contributed by atoms with Gasteiger partial charge in [-0.05, 0) is 31.0 Å². The van der Waals surface area contributed by atoms with Gasteiger partial charge in [-0.3, -0.25) is 10.1 Å². The van der Waals surface area contributed by atoms with Gasteiger partial charge in [0, 0.05) is 11.6 Å². The monoisotopic (exact) mass is 287 g/mol. The number of nitro benzene ring substituents is 1. The van der Waals surface area contributed by atoms with Crippen molar-refractivity contribution in [3.63, 3.8) is 0 Å². The lowest BCUT2D eigenvalue weighted by atomic mass is 10.1. The fraction of sp³-hybridized carbons (Fsp3) is 0.250. The summed E-state index contributed by atoms with van der Waals surface area (Å²) in [7, 11) is 0. The van der Waals surface area contributed by atoms with Crippen LogP contribution < -0.4 is 4.74 Å².